The maximum Gasteiger partial charge on any atom is 0.0895 e. The highest BCUT2D eigenvalue weighted by molar-refractivity contribution is 7.64. The van der Waals surface area contributed by atoms with E-state index >= 15 is 0 Å². The minimum Gasteiger partial charge on any atom is -0.323 e. The summed E-state index contributed by atoms with van der Waals surface area (Å²) >= 11 is 0. The molecule has 0 aliphatic heterocycles. The molecule has 0 bridgehead atoms. The van der Waals surface area contributed by atoms with Crippen LogP contribution < -0.4 is 0 Å². The van der Waals surface area contributed by atoms with Crippen LogP contribution in [0.5, 0.6) is 0 Å². The van der Waals surface area contributed by atoms with Gasteiger partial charge in [-0.2, -0.15) is 0 Å². The molecule has 0 rings (SSSR count). The average Bonchev–Trinajstić information content (AvgIpc) is 2.67. The van der Waals surface area contributed by atoms with Crippen molar-refractivity contribution >= 4 is 15.2 Å². The van der Waals surface area contributed by atoms with E-state index in [1.807, 2.05) is 34.4 Å². The van der Waals surface area contributed by atoms with Crippen molar-refractivity contribution in [2.45, 2.75) is 172 Å². The zero-order chi connectivity index (χ0) is 29.7. The van der Waals surface area contributed by atoms with Gasteiger partial charge in [0.05, 0.1) is 15.2 Å². The van der Waals surface area contributed by atoms with Gasteiger partial charge in [0.15, 0.2) is 0 Å². The first-order chi connectivity index (χ1) is 15.2. The zero-order valence-electron chi connectivity index (χ0n) is 28.9. The lowest BCUT2D eigenvalue weighted by molar-refractivity contribution is 0.165. The lowest BCUT2D eigenvalue weighted by Gasteiger charge is -2.33. The fourth-order valence-electron chi connectivity index (χ4n) is 2.53. The second-order valence-corrected chi connectivity index (χ2v) is 24.5. The van der Waals surface area contributed by atoms with Gasteiger partial charge in [0.25, 0.3) is 0 Å². The maximum absolute atomic E-state index is 11.6. The molecule has 0 aliphatic carbocycles. The molecular formula is C31H74NOPSi. The summed E-state index contributed by atoms with van der Waals surface area (Å²) in [6, 6.07) is 1.35. The number of rotatable bonds is 8. The van der Waals surface area contributed by atoms with E-state index in [0.717, 1.165) is 22.9 Å². The van der Waals surface area contributed by atoms with Gasteiger partial charge >= 0.3 is 0 Å². The number of hydrogen-bond acceptors (Lipinski definition) is 2. The molecule has 0 N–H and O–H groups in total. The summed E-state index contributed by atoms with van der Waals surface area (Å²) in [4.78, 5) is 2.33. The van der Waals surface area contributed by atoms with Gasteiger partial charge in [0.2, 0.25) is 0 Å². The van der Waals surface area contributed by atoms with Crippen LogP contribution in [0.4, 0.5) is 0 Å². The Bertz CT molecular complexity index is 482. The smallest absolute Gasteiger partial charge is 0.0895 e. The topological polar surface area (TPSA) is 20.3 Å². The van der Waals surface area contributed by atoms with Gasteiger partial charge in [-0.15, -0.1) is 0 Å². The Morgan fingerprint density at radius 3 is 0.829 bits per heavy atom. The fourth-order valence-corrected chi connectivity index (χ4v) is 5.05. The molecule has 0 saturated carbocycles. The van der Waals surface area contributed by atoms with E-state index in [1.54, 1.807) is 0 Å². The molecular weight excluding hydrogens is 461 g/mol. The van der Waals surface area contributed by atoms with Crippen LogP contribution >= 0.6 is 7.14 Å². The van der Waals surface area contributed by atoms with E-state index in [9.17, 15) is 4.57 Å². The first-order valence-electron chi connectivity index (χ1n) is 14.5. The minimum atomic E-state index is -1.84. The normalized spacial score (nSPS) is 13.0. The monoisotopic (exact) mass is 536 g/mol. The fraction of sp³-hybridized carbons (Fsp3) is 1.00. The summed E-state index contributed by atoms with van der Waals surface area (Å²) in [6.07, 6.45) is 0. The Morgan fingerprint density at radius 2 is 0.829 bits per heavy atom. The summed E-state index contributed by atoms with van der Waals surface area (Å²) < 4.78 is 11.6. The van der Waals surface area contributed by atoms with E-state index < -0.39 is 15.2 Å². The van der Waals surface area contributed by atoms with Crippen LogP contribution in [0.15, 0.2) is 0 Å². The van der Waals surface area contributed by atoms with Crippen LogP contribution in [-0.4, -0.2) is 50.1 Å². The first-order valence-corrected chi connectivity index (χ1v) is 19.9. The summed E-state index contributed by atoms with van der Waals surface area (Å²) in [5, 5.41) is 0. The van der Waals surface area contributed by atoms with Gasteiger partial charge in [0.1, 0.15) is 0 Å². The van der Waals surface area contributed by atoms with Crippen molar-refractivity contribution in [1.29, 1.82) is 0 Å². The van der Waals surface area contributed by atoms with Gasteiger partial charge < -0.3 is 9.46 Å². The van der Waals surface area contributed by atoms with Gasteiger partial charge in [-0.3, -0.25) is 0 Å². The summed E-state index contributed by atoms with van der Waals surface area (Å²) in [5.41, 5.74) is 3.05. The third kappa shape index (κ3) is 18.3. The van der Waals surface area contributed by atoms with Crippen molar-refractivity contribution in [3.63, 3.8) is 0 Å². The van der Waals surface area contributed by atoms with Crippen molar-refractivity contribution in [3.8, 4) is 0 Å². The van der Waals surface area contributed by atoms with Crippen LogP contribution in [0.2, 0.25) is 24.2 Å². The summed E-state index contributed by atoms with van der Waals surface area (Å²) in [5.74, 6) is 1.58. The average molecular weight is 536 g/mol. The highest BCUT2D eigenvalue weighted by Gasteiger charge is 2.28. The van der Waals surface area contributed by atoms with Crippen LogP contribution in [0, 0.1) is 17.3 Å². The third-order valence-electron chi connectivity index (χ3n) is 9.63. The van der Waals surface area contributed by atoms with Crippen molar-refractivity contribution in [1.82, 2.24) is 4.90 Å². The number of hydrogen-bond donors (Lipinski definition) is 0. The molecule has 0 aromatic carbocycles. The van der Waals surface area contributed by atoms with Crippen molar-refractivity contribution in [2.24, 2.45) is 17.3 Å². The first kappa shape index (κ1) is 42.5. The Kier molecular flexibility index (Phi) is 22.6. The molecule has 0 amide bonds. The molecule has 0 fully saturated rings. The maximum atomic E-state index is 11.6. The standard InChI is InChI=1S/C9H20.C8H20Si.C7H17N.C7H17OP/c2*1-7(2)9(5,6)8(3)4;1-6(2)8(5)7(3)4;1-6(2)9(5,8)7(3)4/h2*7-8H,1-6H3;6-7H,1-5H3;6-7H,1-5H3. The molecule has 0 unspecified atom stereocenters. The molecule has 0 aromatic rings. The lowest BCUT2D eigenvalue weighted by atomic mass is 9.72. The molecule has 218 valence electrons. The number of nitrogens with zero attached hydrogens (tertiary/aromatic N) is 1. The molecule has 35 heavy (non-hydrogen) atoms. The summed E-state index contributed by atoms with van der Waals surface area (Å²) in [7, 11) is -0.546. The quantitative estimate of drug-likeness (QED) is 0.227. The van der Waals surface area contributed by atoms with Crippen molar-refractivity contribution in [3.05, 3.63) is 0 Å². The SMILES string of the molecule is CC(C)C(C)(C)C(C)C.CC(C)N(C)C(C)C.CC(C)P(C)(=O)C(C)C.CC(C)[Si](C)(C)C(C)C. The van der Waals surface area contributed by atoms with Crippen LogP contribution in [0.3, 0.4) is 0 Å². The van der Waals surface area contributed by atoms with Gasteiger partial charge in [0, 0.05) is 23.4 Å². The van der Waals surface area contributed by atoms with Crippen molar-refractivity contribution < 1.29 is 4.57 Å². The Labute approximate surface area is 227 Å². The molecule has 2 nitrogen and oxygen atoms in total. The molecule has 0 radical (unpaired) electrons. The molecule has 0 saturated heterocycles. The van der Waals surface area contributed by atoms with E-state index in [-0.39, 0.29) is 0 Å². The molecule has 0 heterocycles. The van der Waals surface area contributed by atoms with Crippen molar-refractivity contribution in [2.75, 3.05) is 13.7 Å². The predicted molar refractivity (Wildman–Crippen MR) is 173 cm³/mol. The largest absolute Gasteiger partial charge is 0.323 e. The Morgan fingerprint density at radius 1 is 0.600 bits per heavy atom. The molecule has 0 aromatic heterocycles. The highest BCUT2D eigenvalue weighted by Crippen LogP contribution is 2.50. The van der Waals surface area contributed by atoms with Crippen LogP contribution in [0.25, 0.3) is 0 Å². The Balaban J connectivity index is -0.000000183. The lowest BCUT2D eigenvalue weighted by Crippen LogP contribution is -2.32. The molecule has 0 aliphatic rings. The molecule has 0 atom stereocenters. The summed E-state index contributed by atoms with van der Waals surface area (Å²) in [6.45, 7) is 47.0. The Hall–Kier alpha value is 0.407. The predicted octanol–water partition coefficient (Wildman–Crippen LogP) is 11.4. The second-order valence-electron chi connectivity index (χ2n) is 14.4. The van der Waals surface area contributed by atoms with Gasteiger partial charge in [-0.1, -0.05) is 121 Å². The van der Waals surface area contributed by atoms with E-state index in [0.29, 0.717) is 28.8 Å². The third-order valence-corrected chi connectivity index (χ3v) is 19.7. The van der Waals surface area contributed by atoms with E-state index in [4.69, 9.17) is 0 Å². The van der Waals surface area contributed by atoms with Gasteiger partial charge in [-0.25, -0.2) is 0 Å². The van der Waals surface area contributed by atoms with E-state index in [1.165, 1.54) is 0 Å². The molecule has 4 heteroatoms. The highest BCUT2D eigenvalue weighted by atomic mass is 31.2. The van der Waals surface area contributed by atoms with Gasteiger partial charge in [-0.05, 0) is 58.7 Å². The van der Waals surface area contributed by atoms with Crippen LogP contribution in [-0.2, 0) is 4.57 Å². The minimum absolute atomic E-state index is 0.345. The zero-order valence-corrected chi connectivity index (χ0v) is 30.8. The second kappa shape index (κ2) is 18.6. The molecule has 0 spiro atoms. The van der Waals surface area contributed by atoms with Crippen LogP contribution in [0.1, 0.15) is 125 Å². The van der Waals surface area contributed by atoms with E-state index in [2.05, 4.69) is 122 Å².